The van der Waals surface area contributed by atoms with Gasteiger partial charge in [-0.2, -0.15) is 4.98 Å². The highest BCUT2D eigenvalue weighted by molar-refractivity contribution is 5.71. The van der Waals surface area contributed by atoms with Crippen LogP contribution in [0.25, 0.3) is 5.78 Å². The number of hydrogen-bond acceptors (Lipinski definition) is 8. The van der Waals surface area contributed by atoms with Gasteiger partial charge in [0.15, 0.2) is 5.82 Å². The summed E-state index contributed by atoms with van der Waals surface area (Å²) in [6.45, 7) is 0.102. The monoisotopic (exact) mass is 305 g/mol. The first-order valence-electron chi connectivity index (χ1n) is 7.01. The standard InChI is InChI=1S/C13H15N5O4/c19-5-8-7(20)4-9(22-8)18-6-15-10-11(18)16-13-14-2-1-3-17(13)12(10)21/h1-3,7-9,15,19-20H,4-6H2/t7-,8+,9+/m0/s1. The van der Waals surface area contributed by atoms with E-state index >= 15 is 0 Å². The van der Waals surface area contributed by atoms with Crippen LogP contribution in [-0.2, 0) is 4.74 Å². The largest absolute Gasteiger partial charge is 0.394 e. The normalized spacial score (nSPS) is 27.2. The summed E-state index contributed by atoms with van der Waals surface area (Å²) < 4.78 is 7.00. The average molecular weight is 305 g/mol. The predicted molar refractivity (Wildman–Crippen MR) is 76.6 cm³/mol. The van der Waals surface area contributed by atoms with Gasteiger partial charge in [-0.15, -0.1) is 0 Å². The fourth-order valence-corrected chi connectivity index (χ4v) is 2.88. The Morgan fingerprint density at radius 3 is 3.14 bits per heavy atom. The third-order valence-corrected chi connectivity index (χ3v) is 4.02. The molecule has 22 heavy (non-hydrogen) atoms. The number of hydrogen-bond donors (Lipinski definition) is 3. The molecule has 0 radical (unpaired) electrons. The van der Waals surface area contributed by atoms with E-state index in [0.717, 1.165) is 0 Å². The van der Waals surface area contributed by atoms with Crippen molar-refractivity contribution in [3.63, 3.8) is 0 Å². The summed E-state index contributed by atoms with van der Waals surface area (Å²) in [5, 5.41) is 22.1. The molecule has 116 valence electrons. The molecule has 4 rings (SSSR count). The molecule has 0 unspecified atom stereocenters. The summed E-state index contributed by atoms with van der Waals surface area (Å²) in [6.07, 6.45) is 1.72. The van der Waals surface area contributed by atoms with Crippen molar-refractivity contribution in [1.82, 2.24) is 14.4 Å². The Bertz CT molecular complexity index is 779. The Labute approximate surface area is 124 Å². The smallest absolute Gasteiger partial charge is 0.284 e. The van der Waals surface area contributed by atoms with Gasteiger partial charge in [0.05, 0.1) is 19.4 Å². The Balaban J connectivity index is 1.75. The van der Waals surface area contributed by atoms with E-state index in [1.807, 2.05) is 0 Å². The van der Waals surface area contributed by atoms with E-state index in [2.05, 4.69) is 15.3 Å². The highest BCUT2D eigenvalue weighted by atomic mass is 16.5. The Hall–Kier alpha value is -2.23. The molecule has 3 N–H and O–H groups in total. The lowest BCUT2D eigenvalue weighted by Gasteiger charge is -2.24. The van der Waals surface area contributed by atoms with Gasteiger partial charge < -0.3 is 25.2 Å². The Morgan fingerprint density at radius 2 is 2.36 bits per heavy atom. The van der Waals surface area contributed by atoms with Crippen LogP contribution in [-0.4, -0.2) is 56.3 Å². The van der Waals surface area contributed by atoms with Crippen LogP contribution in [0, 0.1) is 0 Å². The minimum Gasteiger partial charge on any atom is -0.394 e. The first-order valence-corrected chi connectivity index (χ1v) is 7.01. The molecule has 0 aromatic carbocycles. The lowest BCUT2D eigenvalue weighted by molar-refractivity contribution is -0.0218. The average Bonchev–Trinajstić information content (AvgIpc) is 3.11. The van der Waals surface area contributed by atoms with Crippen LogP contribution in [0.5, 0.6) is 0 Å². The topological polar surface area (TPSA) is 112 Å². The van der Waals surface area contributed by atoms with E-state index in [1.54, 1.807) is 23.4 Å². The maximum Gasteiger partial charge on any atom is 0.284 e. The molecule has 2 aromatic heterocycles. The summed E-state index contributed by atoms with van der Waals surface area (Å²) in [6, 6.07) is 1.66. The van der Waals surface area contributed by atoms with E-state index in [1.165, 1.54) is 4.40 Å². The van der Waals surface area contributed by atoms with Crippen LogP contribution in [0.2, 0.25) is 0 Å². The fourth-order valence-electron chi connectivity index (χ4n) is 2.88. The second-order valence-electron chi connectivity index (χ2n) is 5.32. The summed E-state index contributed by atoms with van der Waals surface area (Å²) in [7, 11) is 0. The summed E-state index contributed by atoms with van der Waals surface area (Å²) in [5.74, 6) is 0.761. The van der Waals surface area contributed by atoms with Gasteiger partial charge in [0.2, 0.25) is 5.78 Å². The number of aliphatic hydroxyl groups is 2. The number of ether oxygens (including phenoxy) is 1. The van der Waals surface area contributed by atoms with Crippen molar-refractivity contribution in [1.29, 1.82) is 0 Å². The third-order valence-electron chi connectivity index (χ3n) is 4.02. The maximum absolute atomic E-state index is 12.4. The lowest BCUT2D eigenvalue weighted by Crippen LogP contribution is -2.36. The van der Waals surface area contributed by atoms with Gasteiger partial charge >= 0.3 is 0 Å². The van der Waals surface area contributed by atoms with Gasteiger partial charge in [-0.25, -0.2) is 9.38 Å². The van der Waals surface area contributed by atoms with Crippen molar-refractivity contribution in [3.8, 4) is 0 Å². The van der Waals surface area contributed by atoms with E-state index in [-0.39, 0.29) is 12.2 Å². The van der Waals surface area contributed by atoms with Crippen LogP contribution in [0.1, 0.15) is 6.42 Å². The number of aliphatic hydroxyl groups excluding tert-OH is 2. The zero-order valence-corrected chi connectivity index (χ0v) is 11.6. The SMILES string of the molecule is O=c1c2c(nc3ncccn13)N([C@H]1C[C@H](O)[C@@H](CO)O1)CN2. The fraction of sp³-hybridized carbons (Fsp3) is 0.462. The van der Waals surface area contributed by atoms with Crippen molar-refractivity contribution in [2.45, 2.75) is 24.9 Å². The zero-order chi connectivity index (χ0) is 15.3. The molecule has 1 saturated heterocycles. The number of nitrogens with one attached hydrogen (secondary N) is 1. The molecule has 0 bridgehead atoms. The van der Waals surface area contributed by atoms with Gasteiger partial charge in [0, 0.05) is 18.8 Å². The van der Waals surface area contributed by atoms with Gasteiger partial charge in [0.25, 0.3) is 5.56 Å². The van der Waals surface area contributed by atoms with E-state index < -0.39 is 18.4 Å². The van der Waals surface area contributed by atoms with Gasteiger partial charge in [-0.05, 0) is 6.07 Å². The molecule has 0 aliphatic carbocycles. The number of anilines is 2. The molecular formula is C13H15N5O4. The summed E-state index contributed by atoms with van der Waals surface area (Å²) >= 11 is 0. The zero-order valence-electron chi connectivity index (χ0n) is 11.6. The van der Waals surface area contributed by atoms with E-state index in [9.17, 15) is 15.0 Å². The Kier molecular flexibility index (Phi) is 2.99. The second kappa shape index (κ2) is 4.90. The molecule has 0 saturated carbocycles. The first kappa shape index (κ1) is 13.4. The molecule has 9 nitrogen and oxygen atoms in total. The highest BCUT2D eigenvalue weighted by Gasteiger charge is 2.40. The van der Waals surface area contributed by atoms with Gasteiger partial charge in [-0.3, -0.25) is 4.79 Å². The van der Waals surface area contributed by atoms with E-state index in [0.29, 0.717) is 30.4 Å². The molecule has 2 aliphatic rings. The van der Waals surface area contributed by atoms with Crippen LogP contribution < -0.4 is 15.8 Å². The number of fused-ring (bicyclic) bond motifs is 2. The van der Waals surface area contributed by atoms with Gasteiger partial charge in [-0.1, -0.05) is 0 Å². The Morgan fingerprint density at radius 1 is 1.50 bits per heavy atom. The molecule has 0 amide bonds. The van der Waals surface area contributed by atoms with Crippen molar-refractivity contribution in [2.24, 2.45) is 0 Å². The molecule has 2 aliphatic heterocycles. The predicted octanol–water partition coefficient (Wildman–Crippen LogP) is -1.25. The van der Waals surface area contributed by atoms with Crippen LogP contribution in [0.3, 0.4) is 0 Å². The molecule has 1 fully saturated rings. The number of rotatable bonds is 2. The summed E-state index contributed by atoms with van der Waals surface area (Å²) in [5.41, 5.74) is 0.156. The molecule has 0 spiro atoms. The molecule has 3 atom stereocenters. The van der Waals surface area contributed by atoms with Crippen molar-refractivity contribution in [2.75, 3.05) is 23.5 Å². The minimum atomic E-state index is -0.737. The summed E-state index contributed by atoms with van der Waals surface area (Å²) in [4.78, 5) is 22.7. The maximum atomic E-state index is 12.4. The van der Waals surface area contributed by atoms with E-state index in [4.69, 9.17) is 4.74 Å². The molecule has 9 heteroatoms. The highest BCUT2D eigenvalue weighted by Crippen LogP contribution is 2.33. The van der Waals surface area contributed by atoms with Crippen LogP contribution in [0.15, 0.2) is 23.3 Å². The quantitative estimate of drug-likeness (QED) is 0.631. The number of aromatic nitrogens is 3. The molecule has 4 heterocycles. The second-order valence-corrected chi connectivity index (χ2v) is 5.32. The van der Waals surface area contributed by atoms with Crippen LogP contribution in [0.4, 0.5) is 11.5 Å². The lowest BCUT2D eigenvalue weighted by atomic mass is 10.2. The third kappa shape index (κ3) is 1.86. The van der Waals surface area contributed by atoms with Crippen LogP contribution >= 0.6 is 0 Å². The van der Waals surface area contributed by atoms with Crippen molar-refractivity contribution >= 4 is 17.3 Å². The van der Waals surface area contributed by atoms with Gasteiger partial charge in [0.1, 0.15) is 18.0 Å². The molecule has 2 aromatic rings. The first-order chi connectivity index (χ1) is 10.7. The minimum absolute atomic E-state index is 0.229. The van der Waals surface area contributed by atoms with Crippen molar-refractivity contribution < 1.29 is 14.9 Å². The van der Waals surface area contributed by atoms with Crippen molar-refractivity contribution in [3.05, 3.63) is 28.8 Å². The molecular weight excluding hydrogens is 290 g/mol. The number of nitrogens with zero attached hydrogens (tertiary/aromatic N) is 4.